The zero-order valence-electron chi connectivity index (χ0n) is 17.9. The molecule has 0 saturated carbocycles. The third-order valence-electron chi connectivity index (χ3n) is 4.97. The van der Waals surface area contributed by atoms with Crippen LogP contribution in [0.1, 0.15) is 31.1 Å². The molecule has 0 aliphatic carbocycles. The maximum Gasteiger partial charge on any atom is 0.490 e. The second kappa shape index (κ2) is 9.69. The number of hydrogen-bond donors (Lipinski definition) is 1. The molecular formula is C24H21F3N4O2. The Kier molecular flexibility index (Phi) is 6.97. The molecule has 33 heavy (non-hydrogen) atoms. The molecule has 1 heterocycles. The summed E-state index contributed by atoms with van der Waals surface area (Å²) >= 11 is 0. The Morgan fingerprint density at radius 3 is 2.36 bits per heavy atom. The van der Waals surface area contributed by atoms with Crippen molar-refractivity contribution in [2.75, 3.05) is 11.9 Å². The quantitative estimate of drug-likeness (QED) is 0.494. The molecule has 0 aliphatic heterocycles. The number of carbonyl (C=O) groups is 1. The minimum Gasteiger partial charge on any atom is -0.449 e. The van der Waals surface area contributed by atoms with E-state index in [-0.39, 0.29) is 6.54 Å². The highest BCUT2D eigenvalue weighted by Crippen LogP contribution is 2.27. The standard InChI is InChI=1S/C24H21F3N4O2/c1-23(2,14-28)18-10-8-16(9-11-18)19-12-21(31-15-30-19)29-13-20(17-6-4-3-5-7-17)33-22(32)24(25,26)27/h3-12,15,20H,13H2,1-2H3,(H,29,30,31)/t20-/m1/s1. The molecule has 1 N–H and O–H groups in total. The summed E-state index contributed by atoms with van der Waals surface area (Å²) < 4.78 is 42.9. The lowest BCUT2D eigenvalue weighted by Crippen LogP contribution is -2.29. The molecule has 0 saturated heterocycles. The van der Waals surface area contributed by atoms with Crippen LogP contribution in [0.25, 0.3) is 11.3 Å². The lowest BCUT2D eigenvalue weighted by atomic mass is 9.86. The smallest absolute Gasteiger partial charge is 0.449 e. The van der Waals surface area contributed by atoms with Gasteiger partial charge in [0.1, 0.15) is 18.2 Å². The molecule has 6 nitrogen and oxygen atoms in total. The normalized spacial score (nSPS) is 12.5. The summed E-state index contributed by atoms with van der Waals surface area (Å²) in [4.78, 5) is 19.7. The third kappa shape index (κ3) is 6.07. The molecule has 0 fully saturated rings. The van der Waals surface area contributed by atoms with Gasteiger partial charge < -0.3 is 10.1 Å². The van der Waals surface area contributed by atoms with Gasteiger partial charge in [0.15, 0.2) is 0 Å². The first-order chi connectivity index (χ1) is 15.6. The number of ether oxygens (including phenoxy) is 1. The van der Waals surface area contributed by atoms with Crippen molar-refractivity contribution in [1.82, 2.24) is 9.97 Å². The van der Waals surface area contributed by atoms with Crippen LogP contribution in [0.15, 0.2) is 67.0 Å². The fraction of sp³-hybridized carbons (Fsp3) is 0.250. The number of nitrogens with one attached hydrogen (secondary N) is 1. The monoisotopic (exact) mass is 454 g/mol. The first-order valence-corrected chi connectivity index (χ1v) is 10.0. The van der Waals surface area contributed by atoms with Crippen LogP contribution in [0.3, 0.4) is 0 Å². The van der Waals surface area contributed by atoms with Crippen molar-refractivity contribution in [2.24, 2.45) is 0 Å². The second-order valence-corrected chi connectivity index (χ2v) is 7.79. The number of nitriles is 1. The number of halogens is 3. The van der Waals surface area contributed by atoms with Crippen LogP contribution >= 0.6 is 0 Å². The van der Waals surface area contributed by atoms with Crippen molar-refractivity contribution in [3.05, 3.63) is 78.1 Å². The summed E-state index contributed by atoms with van der Waals surface area (Å²) in [5.74, 6) is -1.91. The van der Waals surface area contributed by atoms with Crippen LogP contribution in [0.2, 0.25) is 0 Å². The first kappa shape index (κ1) is 23.7. The number of nitrogens with zero attached hydrogens (tertiary/aromatic N) is 3. The Morgan fingerprint density at radius 1 is 1.09 bits per heavy atom. The fourth-order valence-corrected chi connectivity index (χ4v) is 3.02. The topological polar surface area (TPSA) is 87.9 Å². The largest absolute Gasteiger partial charge is 0.490 e. The SMILES string of the molecule is CC(C)(C#N)c1ccc(-c2cc(NC[C@@H](OC(=O)C(F)(F)F)c3ccccc3)ncn2)cc1. The molecular weight excluding hydrogens is 433 g/mol. The van der Waals surface area contributed by atoms with Gasteiger partial charge in [0.25, 0.3) is 0 Å². The van der Waals surface area contributed by atoms with Gasteiger partial charge in [0.05, 0.1) is 23.7 Å². The molecule has 2 aromatic carbocycles. The average molecular weight is 454 g/mol. The van der Waals surface area contributed by atoms with E-state index in [1.54, 1.807) is 36.4 Å². The Labute approximate surface area is 189 Å². The van der Waals surface area contributed by atoms with E-state index in [9.17, 15) is 23.2 Å². The molecule has 170 valence electrons. The number of hydrogen-bond acceptors (Lipinski definition) is 6. The van der Waals surface area contributed by atoms with Gasteiger partial charge in [-0.3, -0.25) is 0 Å². The van der Waals surface area contributed by atoms with Gasteiger partial charge in [-0.25, -0.2) is 14.8 Å². The molecule has 3 rings (SSSR count). The van der Waals surface area contributed by atoms with E-state index in [2.05, 4.69) is 21.4 Å². The number of benzene rings is 2. The van der Waals surface area contributed by atoms with Crippen molar-refractivity contribution < 1.29 is 22.7 Å². The van der Waals surface area contributed by atoms with E-state index in [4.69, 9.17) is 4.74 Å². The average Bonchev–Trinajstić information content (AvgIpc) is 2.81. The van der Waals surface area contributed by atoms with Gasteiger partial charge in [-0.05, 0) is 25.0 Å². The first-order valence-electron chi connectivity index (χ1n) is 10.0. The highest BCUT2D eigenvalue weighted by molar-refractivity contribution is 5.76. The van der Waals surface area contributed by atoms with E-state index >= 15 is 0 Å². The number of aromatic nitrogens is 2. The highest BCUT2D eigenvalue weighted by Gasteiger charge is 2.42. The van der Waals surface area contributed by atoms with E-state index in [1.807, 2.05) is 38.1 Å². The number of alkyl halides is 3. The number of esters is 1. The summed E-state index contributed by atoms with van der Waals surface area (Å²) in [6.07, 6.45) is -4.95. The van der Waals surface area contributed by atoms with E-state index < -0.39 is 23.7 Å². The zero-order chi connectivity index (χ0) is 24.1. The number of anilines is 1. The van der Waals surface area contributed by atoms with Gasteiger partial charge >= 0.3 is 12.1 Å². The maximum atomic E-state index is 12.7. The van der Waals surface area contributed by atoms with Crippen LogP contribution in [-0.4, -0.2) is 28.7 Å². The Hall–Kier alpha value is -3.93. The van der Waals surface area contributed by atoms with Crippen molar-refractivity contribution in [3.63, 3.8) is 0 Å². The second-order valence-electron chi connectivity index (χ2n) is 7.79. The molecule has 0 amide bonds. The van der Waals surface area contributed by atoms with Crippen LogP contribution in [0, 0.1) is 11.3 Å². The molecule has 1 atom stereocenters. The summed E-state index contributed by atoms with van der Waals surface area (Å²) in [5, 5.41) is 12.2. The van der Waals surface area contributed by atoms with Crippen molar-refractivity contribution in [3.8, 4) is 17.3 Å². The molecule has 0 bridgehead atoms. The van der Waals surface area contributed by atoms with Crippen molar-refractivity contribution in [2.45, 2.75) is 31.5 Å². The van der Waals surface area contributed by atoms with E-state index in [0.29, 0.717) is 17.1 Å². The molecule has 0 unspecified atom stereocenters. The summed E-state index contributed by atoms with van der Waals surface area (Å²) in [7, 11) is 0. The highest BCUT2D eigenvalue weighted by atomic mass is 19.4. The number of carbonyl (C=O) groups excluding carboxylic acids is 1. The molecule has 1 aromatic heterocycles. The van der Waals surface area contributed by atoms with E-state index in [1.165, 1.54) is 6.33 Å². The Bertz CT molecular complexity index is 1140. The minimum absolute atomic E-state index is 0.127. The van der Waals surface area contributed by atoms with Gasteiger partial charge in [0.2, 0.25) is 0 Å². The molecule has 0 aliphatic rings. The lowest BCUT2D eigenvalue weighted by molar-refractivity contribution is -0.204. The third-order valence-corrected chi connectivity index (χ3v) is 4.97. The van der Waals surface area contributed by atoms with E-state index in [0.717, 1.165) is 11.1 Å². The van der Waals surface area contributed by atoms with Gasteiger partial charge in [0, 0.05) is 11.6 Å². The van der Waals surface area contributed by atoms with Crippen LogP contribution in [-0.2, 0) is 14.9 Å². The fourth-order valence-electron chi connectivity index (χ4n) is 3.02. The van der Waals surface area contributed by atoms with Gasteiger partial charge in [-0.15, -0.1) is 0 Å². The van der Waals surface area contributed by atoms with Gasteiger partial charge in [-0.1, -0.05) is 54.6 Å². The summed E-state index contributed by atoms with van der Waals surface area (Å²) in [5.41, 5.74) is 2.00. The van der Waals surface area contributed by atoms with Crippen molar-refractivity contribution >= 4 is 11.8 Å². The predicted molar refractivity (Wildman–Crippen MR) is 116 cm³/mol. The minimum atomic E-state index is -5.10. The number of rotatable bonds is 7. The van der Waals surface area contributed by atoms with Crippen molar-refractivity contribution in [1.29, 1.82) is 5.26 Å². The summed E-state index contributed by atoms with van der Waals surface area (Å²) in [6.45, 7) is 3.52. The zero-order valence-corrected chi connectivity index (χ0v) is 17.9. The summed E-state index contributed by atoms with van der Waals surface area (Å²) in [6, 6.07) is 19.4. The van der Waals surface area contributed by atoms with Crippen LogP contribution in [0.5, 0.6) is 0 Å². The molecule has 3 aromatic rings. The Morgan fingerprint density at radius 2 is 1.76 bits per heavy atom. The van der Waals surface area contributed by atoms with Gasteiger partial charge in [-0.2, -0.15) is 18.4 Å². The Balaban J connectivity index is 1.77. The lowest BCUT2D eigenvalue weighted by Gasteiger charge is -2.20. The molecule has 0 spiro atoms. The van der Waals surface area contributed by atoms with Crippen LogP contribution in [0.4, 0.5) is 19.0 Å². The van der Waals surface area contributed by atoms with Crippen LogP contribution < -0.4 is 5.32 Å². The molecule has 9 heteroatoms. The maximum absolute atomic E-state index is 12.7. The predicted octanol–water partition coefficient (Wildman–Crippen LogP) is 5.20. The molecule has 0 radical (unpaired) electrons.